The highest BCUT2D eigenvalue weighted by atomic mass is 16.6. The zero-order valence-electron chi connectivity index (χ0n) is 16.9. The van der Waals surface area contributed by atoms with Crippen molar-refractivity contribution in [3.63, 3.8) is 0 Å². The molecule has 1 N–H and O–H groups in total. The third-order valence-corrected chi connectivity index (χ3v) is 7.09. The minimum absolute atomic E-state index is 0.205. The van der Waals surface area contributed by atoms with Gasteiger partial charge in [0, 0.05) is 17.4 Å². The number of aliphatic hydroxyl groups is 1. The number of esters is 3. The smallest absolute Gasteiger partial charge is 0.334 e. The van der Waals surface area contributed by atoms with Crippen molar-refractivity contribution in [1.29, 1.82) is 0 Å². The van der Waals surface area contributed by atoms with Gasteiger partial charge in [0.05, 0.1) is 25.6 Å². The van der Waals surface area contributed by atoms with Gasteiger partial charge in [0.15, 0.2) is 0 Å². The molecule has 6 rings (SSSR count). The number of methoxy groups -OCH3 is 1. The van der Waals surface area contributed by atoms with Crippen LogP contribution in [-0.2, 0) is 23.9 Å². The van der Waals surface area contributed by atoms with Crippen LogP contribution in [-0.4, -0.2) is 36.7 Å². The van der Waals surface area contributed by atoms with Crippen LogP contribution in [0.4, 0.5) is 0 Å². The number of hydrogen-bond donors (Lipinski definition) is 1. The van der Waals surface area contributed by atoms with E-state index in [9.17, 15) is 19.5 Å². The average Bonchev–Trinajstić information content (AvgIpc) is 3.13. The van der Waals surface area contributed by atoms with E-state index in [1.165, 1.54) is 7.11 Å². The number of hydrogen-bond acceptors (Lipinski definition) is 6. The van der Waals surface area contributed by atoms with Crippen molar-refractivity contribution in [2.75, 3.05) is 13.7 Å². The summed E-state index contributed by atoms with van der Waals surface area (Å²) in [5.41, 5.74) is 2.75. The predicted octanol–water partition coefficient (Wildman–Crippen LogP) is 2.59. The van der Waals surface area contributed by atoms with Crippen LogP contribution in [0.3, 0.4) is 0 Å². The van der Waals surface area contributed by atoms with Crippen molar-refractivity contribution in [3.05, 3.63) is 82.9 Å². The molecule has 2 aromatic rings. The van der Waals surface area contributed by atoms with Crippen LogP contribution in [0.15, 0.2) is 71.8 Å². The lowest BCUT2D eigenvalue weighted by Gasteiger charge is -2.53. The zero-order valence-corrected chi connectivity index (χ0v) is 16.9. The van der Waals surface area contributed by atoms with Crippen molar-refractivity contribution in [3.8, 4) is 0 Å². The monoisotopic (exact) mass is 418 g/mol. The standard InChI is InChI=1S/C25H22O6/c1-30-23(27)19-15(12-26)18-16(13-8-4-2-5-9-13)17(14-10-6-3-7-11-14)20(19)22-21(18)24(28)31-25(22)29/h2-11,16-18,20-22,26H,12H2,1H3. The summed E-state index contributed by atoms with van der Waals surface area (Å²) < 4.78 is 10.1. The zero-order chi connectivity index (χ0) is 21.7. The fourth-order valence-corrected chi connectivity index (χ4v) is 6.10. The quantitative estimate of drug-likeness (QED) is 0.606. The molecule has 2 fully saturated rings. The SMILES string of the molecule is COC(=O)C1=C(CO)C2C3C(=O)OC(=O)C3C1C(c1ccccc1)C2c1ccccc1. The number of rotatable bonds is 4. The van der Waals surface area contributed by atoms with E-state index in [4.69, 9.17) is 9.47 Å². The third-order valence-electron chi connectivity index (χ3n) is 7.09. The summed E-state index contributed by atoms with van der Waals surface area (Å²) in [6.07, 6.45) is 0. The van der Waals surface area contributed by atoms with Crippen LogP contribution in [0.5, 0.6) is 0 Å². The molecular formula is C25H22O6. The van der Waals surface area contributed by atoms with Crippen LogP contribution < -0.4 is 0 Å². The lowest BCUT2D eigenvalue weighted by Crippen LogP contribution is -2.53. The highest BCUT2D eigenvalue weighted by molar-refractivity contribution is 6.01. The Labute approximate surface area is 179 Å². The molecule has 0 amide bonds. The summed E-state index contributed by atoms with van der Waals surface area (Å²) in [5.74, 6) is -4.87. The first-order valence-corrected chi connectivity index (χ1v) is 10.4. The number of cyclic esters (lactones) is 2. The minimum atomic E-state index is -0.771. The maximum absolute atomic E-state index is 12.9. The third kappa shape index (κ3) is 2.78. The van der Waals surface area contributed by atoms with Gasteiger partial charge in [0.1, 0.15) is 0 Å². The normalized spacial score (nSPS) is 31.4. The fraction of sp³-hybridized carbons (Fsp3) is 0.320. The Hall–Kier alpha value is -3.25. The molecule has 158 valence electrons. The lowest BCUT2D eigenvalue weighted by molar-refractivity contribution is -0.154. The lowest BCUT2D eigenvalue weighted by atomic mass is 9.46. The highest BCUT2D eigenvalue weighted by Crippen LogP contribution is 2.65. The molecule has 6 heteroatoms. The predicted molar refractivity (Wildman–Crippen MR) is 110 cm³/mol. The van der Waals surface area contributed by atoms with Gasteiger partial charge in [0.25, 0.3) is 0 Å². The molecule has 6 nitrogen and oxygen atoms in total. The van der Waals surface area contributed by atoms with E-state index in [1.807, 2.05) is 60.7 Å². The molecule has 0 spiro atoms. The van der Waals surface area contributed by atoms with Crippen molar-refractivity contribution >= 4 is 17.9 Å². The van der Waals surface area contributed by atoms with E-state index in [1.54, 1.807) is 0 Å². The molecule has 3 aliphatic carbocycles. The molecule has 1 saturated carbocycles. The van der Waals surface area contributed by atoms with Gasteiger partial charge in [-0.2, -0.15) is 0 Å². The fourth-order valence-electron chi connectivity index (χ4n) is 6.10. The van der Waals surface area contributed by atoms with Crippen molar-refractivity contribution in [1.82, 2.24) is 0 Å². The molecule has 2 bridgehead atoms. The molecule has 0 aromatic heterocycles. The maximum Gasteiger partial charge on any atom is 0.334 e. The summed E-state index contributed by atoms with van der Waals surface area (Å²) in [7, 11) is 1.29. The Kier molecular flexibility index (Phi) is 4.74. The molecule has 1 aliphatic heterocycles. The maximum atomic E-state index is 12.9. The van der Waals surface area contributed by atoms with Crippen LogP contribution in [0.25, 0.3) is 0 Å². The van der Waals surface area contributed by atoms with E-state index in [0.29, 0.717) is 11.1 Å². The topological polar surface area (TPSA) is 89.9 Å². The van der Waals surface area contributed by atoms with Gasteiger partial charge in [-0.1, -0.05) is 60.7 Å². The molecule has 1 heterocycles. The van der Waals surface area contributed by atoms with Crippen molar-refractivity contribution in [2.24, 2.45) is 23.7 Å². The summed E-state index contributed by atoms with van der Waals surface area (Å²) in [4.78, 5) is 38.5. The van der Waals surface area contributed by atoms with Crippen LogP contribution in [0.2, 0.25) is 0 Å². The average molecular weight is 418 g/mol. The van der Waals surface area contributed by atoms with Crippen molar-refractivity contribution in [2.45, 2.75) is 11.8 Å². The Morgan fingerprint density at radius 2 is 1.29 bits per heavy atom. The Bertz CT molecular complexity index is 1070. The van der Waals surface area contributed by atoms with E-state index in [2.05, 4.69) is 0 Å². The highest BCUT2D eigenvalue weighted by Gasteiger charge is 2.67. The molecule has 2 aromatic carbocycles. The van der Waals surface area contributed by atoms with Gasteiger partial charge in [0.2, 0.25) is 0 Å². The van der Waals surface area contributed by atoms with Crippen LogP contribution in [0, 0.1) is 23.7 Å². The molecule has 1 saturated heterocycles. The summed E-state index contributed by atoms with van der Waals surface area (Å²) in [6, 6.07) is 19.5. The number of ether oxygens (including phenoxy) is 2. The van der Waals surface area contributed by atoms with E-state index in [-0.39, 0.29) is 18.4 Å². The Morgan fingerprint density at radius 1 is 0.806 bits per heavy atom. The van der Waals surface area contributed by atoms with Gasteiger partial charge in [-0.15, -0.1) is 0 Å². The first-order valence-electron chi connectivity index (χ1n) is 10.4. The second-order valence-corrected chi connectivity index (χ2v) is 8.30. The number of benzene rings is 2. The van der Waals surface area contributed by atoms with Gasteiger partial charge >= 0.3 is 17.9 Å². The van der Waals surface area contributed by atoms with Gasteiger partial charge in [-0.05, 0) is 28.5 Å². The van der Waals surface area contributed by atoms with E-state index >= 15 is 0 Å². The molecule has 31 heavy (non-hydrogen) atoms. The number of carbonyl (C=O) groups excluding carboxylic acids is 3. The Morgan fingerprint density at radius 3 is 1.77 bits per heavy atom. The van der Waals surface area contributed by atoms with E-state index < -0.39 is 41.6 Å². The van der Waals surface area contributed by atoms with Gasteiger partial charge in [-0.3, -0.25) is 9.59 Å². The largest absolute Gasteiger partial charge is 0.466 e. The number of aliphatic hydroxyl groups excluding tert-OH is 1. The van der Waals surface area contributed by atoms with E-state index in [0.717, 1.165) is 11.1 Å². The molecule has 0 radical (unpaired) electrons. The van der Waals surface area contributed by atoms with Gasteiger partial charge in [-0.25, -0.2) is 4.79 Å². The molecule has 4 aliphatic rings. The summed E-state index contributed by atoms with van der Waals surface area (Å²) >= 11 is 0. The van der Waals surface area contributed by atoms with Gasteiger partial charge < -0.3 is 14.6 Å². The first-order chi connectivity index (χ1) is 15.1. The molecular weight excluding hydrogens is 396 g/mol. The van der Waals surface area contributed by atoms with Crippen LogP contribution >= 0.6 is 0 Å². The minimum Gasteiger partial charge on any atom is -0.466 e. The number of carbonyl (C=O) groups is 3. The van der Waals surface area contributed by atoms with Crippen LogP contribution in [0.1, 0.15) is 23.0 Å². The molecule has 6 atom stereocenters. The summed E-state index contributed by atoms with van der Waals surface area (Å²) in [5, 5.41) is 10.3. The second kappa shape index (κ2) is 7.46. The number of fused-ring (bicyclic) bond motifs is 1. The second-order valence-electron chi connectivity index (χ2n) is 8.30. The Balaban J connectivity index is 1.82. The summed E-state index contributed by atoms with van der Waals surface area (Å²) in [6.45, 7) is -0.388. The van der Waals surface area contributed by atoms with Crippen molar-refractivity contribution < 1.29 is 29.0 Å². The molecule has 6 unspecified atom stereocenters. The first kappa shape index (κ1) is 19.7.